The maximum Gasteiger partial charge on any atom is 0.338 e. The van der Waals surface area contributed by atoms with Crippen LogP contribution in [0.15, 0.2) is 48.5 Å². The molecule has 0 amide bonds. The Morgan fingerprint density at radius 3 is 1.96 bits per heavy atom. The number of ether oxygens (including phenoxy) is 1. The highest BCUT2D eigenvalue weighted by atomic mass is 16.5. The molecule has 0 aliphatic carbocycles. The highest BCUT2D eigenvalue weighted by molar-refractivity contribution is 6.02. The summed E-state index contributed by atoms with van der Waals surface area (Å²) in [5.74, 6) is 3.96. The molecule has 0 bridgehead atoms. The van der Waals surface area contributed by atoms with Crippen molar-refractivity contribution in [1.29, 1.82) is 0 Å². The van der Waals surface area contributed by atoms with Gasteiger partial charge in [-0.2, -0.15) is 0 Å². The van der Waals surface area contributed by atoms with Crippen LogP contribution in [0.2, 0.25) is 0 Å². The number of rotatable bonds is 2. The Morgan fingerprint density at radius 2 is 1.46 bits per heavy atom. The van der Waals surface area contributed by atoms with Gasteiger partial charge in [-0.3, -0.25) is 0 Å². The molecule has 0 spiro atoms. The smallest absolute Gasteiger partial charge is 0.338 e. The van der Waals surface area contributed by atoms with Crippen molar-refractivity contribution >= 4 is 11.9 Å². The first-order chi connectivity index (χ1) is 12.5. The highest BCUT2D eigenvalue weighted by Gasteiger charge is 2.17. The van der Waals surface area contributed by atoms with E-state index in [4.69, 9.17) is 5.11 Å². The number of carboxylic acid groups (broad SMARTS) is 1. The Balaban J connectivity index is 0.00000113. The van der Waals surface area contributed by atoms with E-state index in [1.54, 1.807) is 6.07 Å². The lowest BCUT2D eigenvalue weighted by molar-refractivity contribution is 0.0582. The van der Waals surface area contributed by atoms with Crippen molar-refractivity contribution in [2.75, 3.05) is 7.11 Å². The lowest BCUT2D eigenvalue weighted by Crippen LogP contribution is -2.10. The van der Waals surface area contributed by atoms with Gasteiger partial charge < -0.3 is 9.84 Å². The van der Waals surface area contributed by atoms with E-state index in [1.165, 1.54) is 25.7 Å². The first-order valence-electron chi connectivity index (χ1n) is 8.56. The van der Waals surface area contributed by atoms with Crippen LogP contribution in [0.5, 0.6) is 0 Å². The molecule has 0 aromatic heterocycles. The van der Waals surface area contributed by atoms with E-state index >= 15 is 0 Å². The summed E-state index contributed by atoms with van der Waals surface area (Å²) < 4.78 is 4.59. The van der Waals surface area contributed by atoms with Crippen molar-refractivity contribution in [1.82, 2.24) is 0 Å². The van der Waals surface area contributed by atoms with Gasteiger partial charge in [0, 0.05) is 11.1 Å². The Kier molecular flexibility index (Phi) is 11.7. The molecular formula is C22H26O4. The predicted molar refractivity (Wildman–Crippen MR) is 104 cm³/mol. The van der Waals surface area contributed by atoms with Gasteiger partial charge in [0.15, 0.2) is 0 Å². The molecule has 0 radical (unpaired) electrons. The fourth-order valence-electron chi connectivity index (χ4n) is 1.75. The average Bonchev–Trinajstić information content (AvgIpc) is 2.68. The Hall–Kier alpha value is -3.06. The minimum atomic E-state index is -1.18. The van der Waals surface area contributed by atoms with Crippen molar-refractivity contribution < 1.29 is 19.4 Å². The molecule has 4 nitrogen and oxygen atoms in total. The third-order valence-corrected chi connectivity index (χ3v) is 2.78. The van der Waals surface area contributed by atoms with E-state index in [0.717, 1.165) is 5.56 Å². The molecule has 138 valence electrons. The number of carbonyl (C=O) groups excluding carboxylic acids is 1. The second-order valence-electron chi connectivity index (χ2n) is 4.88. The van der Waals surface area contributed by atoms with Gasteiger partial charge in [-0.15, -0.1) is 0 Å². The number of aromatic carboxylic acids is 1. The summed E-state index contributed by atoms with van der Waals surface area (Å²) in [5.41, 5.74) is 1.26. The van der Waals surface area contributed by atoms with Crippen molar-refractivity contribution in [3.8, 4) is 11.8 Å². The number of methoxy groups -OCH3 is 1. The molecule has 4 heteroatoms. The number of esters is 1. The second kappa shape index (κ2) is 13.3. The standard InChI is InChI=1S/C17H12O4.C3H8.C2H6/c1-21-17(20)15-11-13(9-10-14(15)16(18)19)8-7-12-5-3-2-4-6-12;1-3-2;1-2/h2-6,9-11H,1H3,(H,18,19);3H2,1-2H3;1-2H3. The van der Waals surface area contributed by atoms with Gasteiger partial charge in [0.1, 0.15) is 0 Å². The second-order valence-corrected chi connectivity index (χ2v) is 4.88. The number of carbonyl (C=O) groups is 2. The molecule has 0 aliphatic heterocycles. The maximum absolute atomic E-state index is 11.6. The van der Waals surface area contributed by atoms with Crippen LogP contribution >= 0.6 is 0 Å². The van der Waals surface area contributed by atoms with E-state index < -0.39 is 11.9 Å². The van der Waals surface area contributed by atoms with E-state index in [1.807, 2.05) is 44.2 Å². The maximum atomic E-state index is 11.6. The third-order valence-electron chi connectivity index (χ3n) is 2.78. The number of benzene rings is 2. The minimum Gasteiger partial charge on any atom is -0.478 e. The van der Waals surface area contributed by atoms with Crippen LogP contribution < -0.4 is 0 Å². The average molecular weight is 354 g/mol. The lowest BCUT2D eigenvalue weighted by Gasteiger charge is -2.04. The number of carboxylic acids is 1. The van der Waals surface area contributed by atoms with Crippen molar-refractivity contribution in [2.24, 2.45) is 0 Å². The molecule has 0 saturated carbocycles. The third kappa shape index (κ3) is 7.67. The molecule has 1 N–H and O–H groups in total. The molecule has 0 saturated heterocycles. The zero-order valence-corrected chi connectivity index (χ0v) is 16.0. The van der Waals surface area contributed by atoms with Gasteiger partial charge in [0.25, 0.3) is 0 Å². The Labute approximate surface area is 155 Å². The number of hydrogen-bond acceptors (Lipinski definition) is 3. The zero-order valence-electron chi connectivity index (χ0n) is 16.0. The molecule has 2 rings (SSSR count). The van der Waals surface area contributed by atoms with Crippen LogP contribution in [0.4, 0.5) is 0 Å². The monoisotopic (exact) mass is 354 g/mol. The van der Waals surface area contributed by atoms with E-state index in [0.29, 0.717) is 5.56 Å². The van der Waals surface area contributed by atoms with Crippen LogP contribution in [0.25, 0.3) is 0 Å². The molecule has 0 heterocycles. The summed E-state index contributed by atoms with van der Waals surface area (Å²) in [6.45, 7) is 8.25. The predicted octanol–water partition coefficient (Wildman–Crippen LogP) is 5.01. The molecule has 26 heavy (non-hydrogen) atoms. The minimum absolute atomic E-state index is 0.00939. The Morgan fingerprint density at radius 1 is 0.923 bits per heavy atom. The first-order valence-corrected chi connectivity index (χ1v) is 8.56. The summed E-state index contributed by atoms with van der Waals surface area (Å²) in [7, 11) is 1.20. The molecule has 0 fully saturated rings. The summed E-state index contributed by atoms with van der Waals surface area (Å²) in [6, 6.07) is 13.7. The van der Waals surface area contributed by atoms with Crippen LogP contribution in [0.1, 0.15) is 66.0 Å². The highest BCUT2D eigenvalue weighted by Crippen LogP contribution is 2.13. The molecule has 0 atom stereocenters. The summed E-state index contributed by atoms with van der Waals surface area (Å²) >= 11 is 0. The fraction of sp³-hybridized carbons (Fsp3) is 0.273. The van der Waals surface area contributed by atoms with Crippen LogP contribution in [-0.2, 0) is 4.74 Å². The van der Waals surface area contributed by atoms with Crippen LogP contribution in [-0.4, -0.2) is 24.2 Å². The van der Waals surface area contributed by atoms with Gasteiger partial charge in [-0.05, 0) is 30.3 Å². The Bertz CT molecular complexity index is 753. The van der Waals surface area contributed by atoms with Gasteiger partial charge in [0.05, 0.1) is 18.2 Å². The first kappa shape index (κ1) is 22.9. The fourth-order valence-corrected chi connectivity index (χ4v) is 1.75. The molecule has 0 aliphatic rings. The topological polar surface area (TPSA) is 63.6 Å². The quantitative estimate of drug-likeness (QED) is 0.608. The van der Waals surface area contributed by atoms with Crippen molar-refractivity contribution in [3.05, 3.63) is 70.8 Å². The molecular weight excluding hydrogens is 328 g/mol. The van der Waals surface area contributed by atoms with E-state index in [-0.39, 0.29) is 11.1 Å². The van der Waals surface area contributed by atoms with Gasteiger partial charge in [0.2, 0.25) is 0 Å². The van der Waals surface area contributed by atoms with Crippen molar-refractivity contribution in [2.45, 2.75) is 34.1 Å². The lowest BCUT2D eigenvalue weighted by atomic mass is 10.0. The summed E-state index contributed by atoms with van der Waals surface area (Å²) in [6.07, 6.45) is 1.25. The SMILES string of the molecule is CC.CCC.COC(=O)c1cc(C#Cc2ccccc2)ccc1C(=O)O. The largest absolute Gasteiger partial charge is 0.478 e. The summed E-state index contributed by atoms with van der Waals surface area (Å²) in [5, 5.41) is 9.07. The molecule has 2 aromatic carbocycles. The van der Waals surface area contributed by atoms with Gasteiger partial charge in [-0.25, -0.2) is 9.59 Å². The molecule has 0 unspecified atom stereocenters. The summed E-state index contributed by atoms with van der Waals surface area (Å²) in [4.78, 5) is 22.7. The van der Waals surface area contributed by atoms with Crippen molar-refractivity contribution in [3.63, 3.8) is 0 Å². The van der Waals surface area contributed by atoms with E-state index in [2.05, 4.69) is 30.4 Å². The number of hydrogen-bond donors (Lipinski definition) is 1. The normalized spacial score (nSPS) is 8.50. The zero-order chi connectivity index (χ0) is 19.9. The van der Waals surface area contributed by atoms with Crippen LogP contribution in [0, 0.1) is 11.8 Å². The van der Waals surface area contributed by atoms with Crippen LogP contribution in [0.3, 0.4) is 0 Å². The van der Waals surface area contributed by atoms with E-state index in [9.17, 15) is 9.59 Å². The van der Waals surface area contributed by atoms with Gasteiger partial charge in [-0.1, -0.05) is 64.2 Å². The van der Waals surface area contributed by atoms with Gasteiger partial charge >= 0.3 is 11.9 Å². The molecule has 2 aromatic rings.